The average molecular weight is 254 g/mol. The highest BCUT2D eigenvalue weighted by molar-refractivity contribution is 5.63. The predicted molar refractivity (Wildman–Crippen MR) is 65.1 cm³/mol. The standard InChI is InChI=1S/C12H15FN2O3/c1-8-5-10(11(15(17)18)6-9(8)13)14-7-12(16)3-2-4-12/h5-6,14,16H,2-4,7H2,1H3. The molecule has 0 heterocycles. The summed E-state index contributed by atoms with van der Waals surface area (Å²) in [5, 5.41) is 23.6. The smallest absolute Gasteiger partial charge is 0.295 e. The Hall–Kier alpha value is -1.69. The van der Waals surface area contributed by atoms with E-state index in [9.17, 15) is 19.6 Å². The summed E-state index contributed by atoms with van der Waals surface area (Å²) < 4.78 is 13.3. The normalized spacial score (nSPS) is 17.1. The topological polar surface area (TPSA) is 75.4 Å². The number of anilines is 1. The molecule has 1 aliphatic carbocycles. The van der Waals surface area contributed by atoms with Gasteiger partial charge in [0.05, 0.1) is 16.6 Å². The van der Waals surface area contributed by atoms with Gasteiger partial charge in [0.1, 0.15) is 11.5 Å². The van der Waals surface area contributed by atoms with Gasteiger partial charge in [-0.25, -0.2) is 4.39 Å². The van der Waals surface area contributed by atoms with Crippen LogP contribution in [0.25, 0.3) is 0 Å². The molecular formula is C12H15FN2O3. The number of aliphatic hydroxyl groups is 1. The molecule has 0 atom stereocenters. The molecule has 0 aromatic heterocycles. The molecule has 1 aromatic rings. The summed E-state index contributed by atoms with van der Waals surface area (Å²) in [4.78, 5) is 10.2. The second kappa shape index (κ2) is 4.53. The Morgan fingerprint density at radius 1 is 1.56 bits per heavy atom. The van der Waals surface area contributed by atoms with Crippen LogP contribution in [0, 0.1) is 22.9 Å². The zero-order chi connectivity index (χ0) is 13.3. The van der Waals surface area contributed by atoms with E-state index in [-0.39, 0.29) is 17.9 Å². The summed E-state index contributed by atoms with van der Waals surface area (Å²) in [5.41, 5.74) is -0.500. The van der Waals surface area contributed by atoms with Crippen LogP contribution >= 0.6 is 0 Å². The SMILES string of the molecule is Cc1cc(NCC2(O)CCC2)c([N+](=O)[O-])cc1F. The molecule has 1 saturated carbocycles. The van der Waals surface area contributed by atoms with E-state index in [0.717, 1.165) is 12.5 Å². The van der Waals surface area contributed by atoms with Gasteiger partial charge in [0.25, 0.3) is 5.69 Å². The van der Waals surface area contributed by atoms with Crippen LogP contribution in [0.15, 0.2) is 12.1 Å². The molecule has 1 fully saturated rings. The lowest BCUT2D eigenvalue weighted by Gasteiger charge is -2.36. The number of rotatable bonds is 4. The van der Waals surface area contributed by atoms with Crippen LogP contribution in [-0.2, 0) is 0 Å². The summed E-state index contributed by atoms with van der Waals surface area (Å²) in [6.07, 6.45) is 2.34. The number of benzene rings is 1. The third kappa shape index (κ3) is 2.43. The van der Waals surface area contributed by atoms with Gasteiger partial charge >= 0.3 is 0 Å². The summed E-state index contributed by atoms with van der Waals surface area (Å²) in [5.74, 6) is -0.602. The van der Waals surface area contributed by atoms with Gasteiger partial charge in [0, 0.05) is 6.54 Å². The van der Waals surface area contributed by atoms with Crippen molar-refractivity contribution >= 4 is 11.4 Å². The van der Waals surface area contributed by atoms with Crippen LogP contribution in [0.5, 0.6) is 0 Å². The van der Waals surface area contributed by atoms with Crippen LogP contribution in [0.1, 0.15) is 24.8 Å². The van der Waals surface area contributed by atoms with Gasteiger partial charge in [-0.1, -0.05) is 0 Å². The van der Waals surface area contributed by atoms with Crippen LogP contribution in [0.4, 0.5) is 15.8 Å². The lowest BCUT2D eigenvalue weighted by Crippen LogP contribution is -2.43. The van der Waals surface area contributed by atoms with Gasteiger partial charge in [0.2, 0.25) is 0 Å². The zero-order valence-corrected chi connectivity index (χ0v) is 10.1. The third-order valence-electron chi connectivity index (χ3n) is 3.37. The van der Waals surface area contributed by atoms with E-state index in [1.165, 1.54) is 6.07 Å². The van der Waals surface area contributed by atoms with Gasteiger partial charge in [-0.15, -0.1) is 0 Å². The summed E-state index contributed by atoms with van der Waals surface area (Å²) in [7, 11) is 0. The molecule has 5 nitrogen and oxygen atoms in total. The maximum atomic E-state index is 13.3. The molecule has 0 saturated heterocycles. The first-order chi connectivity index (χ1) is 8.41. The highest BCUT2D eigenvalue weighted by atomic mass is 19.1. The predicted octanol–water partition coefficient (Wildman–Crippen LogP) is 2.37. The van der Waals surface area contributed by atoms with Crippen LogP contribution < -0.4 is 5.32 Å². The van der Waals surface area contributed by atoms with Crippen molar-refractivity contribution in [2.75, 3.05) is 11.9 Å². The molecule has 1 aliphatic rings. The number of aryl methyl sites for hydroxylation is 1. The molecule has 0 aliphatic heterocycles. The maximum Gasteiger partial charge on any atom is 0.295 e. The number of nitrogens with zero attached hydrogens (tertiary/aromatic N) is 1. The minimum atomic E-state index is -0.782. The van der Waals surface area contributed by atoms with E-state index in [2.05, 4.69) is 5.32 Å². The first-order valence-corrected chi connectivity index (χ1v) is 5.82. The largest absolute Gasteiger partial charge is 0.388 e. The quantitative estimate of drug-likeness (QED) is 0.639. The van der Waals surface area contributed by atoms with Crippen LogP contribution in [-0.4, -0.2) is 22.2 Å². The molecule has 98 valence electrons. The van der Waals surface area contributed by atoms with Crippen molar-refractivity contribution in [2.24, 2.45) is 0 Å². The number of hydrogen-bond donors (Lipinski definition) is 2. The average Bonchev–Trinajstić information content (AvgIpc) is 2.27. The van der Waals surface area contributed by atoms with E-state index >= 15 is 0 Å². The Morgan fingerprint density at radius 3 is 2.72 bits per heavy atom. The number of nitro groups is 1. The van der Waals surface area contributed by atoms with Crippen LogP contribution in [0.2, 0.25) is 0 Å². The van der Waals surface area contributed by atoms with Gasteiger partial charge in [-0.05, 0) is 37.8 Å². The molecule has 0 spiro atoms. The highest BCUT2D eigenvalue weighted by Crippen LogP contribution is 2.33. The molecule has 2 N–H and O–H groups in total. The molecule has 6 heteroatoms. The van der Waals surface area contributed by atoms with E-state index in [1.54, 1.807) is 6.92 Å². The lowest BCUT2D eigenvalue weighted by molar-refractivity contribution is -0.384. The molecule has 1 aromatic carbocycles. The maximum absolute atomic E-state index is 13.3. The number of halogens is 1. The van der Waals surface area contributed by atoms with Crippen molar-refractivity contribution in [3.63, 3.8) is 0 Å². The van der Waals surface area contributed by atoms with Crippen molar-refractivity contribution in [3.8, 4) is 0 Å². The molecule has 0 amide bonds. The second-order valence-corrected chi connectivity index (χ2v) is 4.81. The molecule has 0 bridgehead atoms. The van der Waals surface area contributed by atoms with Crippen LogP contribution in [0.3, 0.4) is 0 Å². The van der Waals surface area contributed by atoms with Crippen molar-refractivity contribution < 1.29 is 14.4 Å². The number of hydrogen-bond acceptors (Lipinski definition) is 4. The van der Waals surface area contributed by atoms with E-state index in [4.69, 9.17) is 0 Å². The zero-order valence-electron chi connectivity index (χ0n) is 10.1. The first kappa shape index (κ1) is 12.8. The van der Waals surface area contributed by atoms with Gasteiger partial charge < -0.3 is 10.4 Å². The third-order valence-corrected chi connectivity index (χ3v) is 3.37. The highest BCUT2D eigenvalue weighted by Gasteiger charge is 2.34. The summed E-state index contributed by atoms with van der Waals surface area (Å²) in [6, 6.07) is 2.30. The Morgan fingerprint density at radius 2 is 2.22 bits per heavy atom. The fourth-order valence-corrected chi connectivity index (χ4v) is 1.99. The minimum Gasteiger partial charge on any atom is -0.388 e. The minimum absolute atomic E-state index is 0.249. The number of nitrogens with one attached hydrogen (secondary N) is 1. The molecule has 2 rings (SSSR count). The van der Waals surface area contributed by atoms with Crippen molar-refractivity contribution in [3.05, 3.63) is 33.6 Å². The van der Waals surface area contributed by atoms with E-state index < -0.39 is 16.3 Å². The fraction of sp³-hybridized carbons (Fsp3) is 0.500. The summed E-state index contributed by atoms with van der Waals surface area (Å²) in [6.45, 7) is 1.79. The van der Waals surface area contributed by atoms with Crippen molar-refractivity contribution in [1.29, 1.82) is 0 Å². The first-order valence-electron chi connectivity index (χ1n) is 5.82. The fourth-order valence-electron chi connectivity index (χ4n) is 1.99. The Labute approximate surface area is 104 Å². The van der Waals surface area contributed by atoms with Crippen molar-refractivity contribution in [1.82, 2.24) is 0 Å². The Bertz CT molecular complexity index is 486. The Kier molecular flexibility index (Phi) is 3.21. The Balaban J connectivity index is 2.20. The van der Waals surface area contributed by atoms with E-state index in [1.807, 2.05) is 0 Å². The molecule has 0 radical (unpaired) electrons. The lowest BCUT2D eigenvalue weighted by atomic mass is 9.80. The van der Waals surface area contributed by atoms with Crippen molar-refractivity contribution in [2.45, 2.75) is 31.8 Å². The van der Waals surface area contributed by atoms with Gasteiger partial charge in [-0.2, -0.15) is 0 Å². The summed E-state index contributed by atoms with van der Waals surface area (Å²) >= 11 is 0. The molecular weight excluding hydrogens is 239 g/mol. The van der Waals surface area contributed by atoms with Gasteiger partial charge in [0.15, 0.2) is 0 Å². The molecule has 18 heavy (non-hydrogen) atoms. The van der Waals surface area contributed by atoms with E-state index in [0.29, 0.717) is 18.4 Å². The molecule has 0 unspecified atom stereocenters. The second-order valence-electron chi connectivity index (χ2n) is 4.81. The van der Waals surface area contributed by atoms with Gasteiger partial charge in [-0.3, -0.25) is 10.1 Å². The number of nitro benzene ring substituents is 1. The monoisotopic (exact) mass is 254 g/mol.